The van der Waals surface area contributed by atoms with E-state index in [0.29, 0.717) is 35.7 Å². The van der Waals surface area contributed by atoms with Crippen molar-refractivity contribution in [1.82, 2.24) is 5.32 Å². The second-order valence-corrected chi connectivity index (χ2v) is 7.10. The van der Waals surface area contributed by atoms with Crippen LogP contribution in [0.25, 0.3) is 0 Å². The number of ether oxygens (including phenoxy) is 4. The molecule has 0 saturated heterocycles. The van der Waals surface area contributed by atoms with Gasteiger partial charge in [0, 0.05) is 29.9 Å². The van der Waals surface area contributed by atoms with Crippen LogP contribution in [0.5, 0.6) is 23.0 Å². The average Bonchev–Trinajstić information content (AvgIpc) is 3.60. The number of benzene rings is 2. The minimum Gasteiger partial charge on any atom is -0.493 e. The van der Waals surface area contributed by atoms with E-state index in [1.165, 1.54) is 12.8 Å². The van der Waals surface area contributed by atoms with E-state index >= 15 is 0 Å². The molecular weight excluding hydrogens is 382 g/mol. The summed E-state index contributed by atoms with van der Waals surface area (Å²) >= 11 is 0. The maximum absolute atomic E-state index is 6.00. The Balaban J connectivity index is 1.77. The van der Waals surface area contributed by atoms with Crippen LogP contribution < -0.4 is 29.6 Å². The summed E-state index contributed by atoms with van der Waals surface area (Å²) in [5.74, 6) is 3.97. The Bertz CT molecular complexity index is 840. The topological polar surface area (TPSA) is 73.3 Å². The lowest BCUT2D eigenvalue weighted by Crippen LogP contribution is -2.30. The van der Waals surface area contributed by atoms with E-state index in [0.717, 1.165) is 30.2 Å². The first-order valence-corrected chi connectivity index (χ1v) is 10.2. The van der Waals surface area contributed by atoms with Crippen LogP contribution in [0, 0.1) is 5.92 Å². The molecule has 0 atom stereocenters. The van der Waals surface area contributed by atoms with Crippen molar-refractivity contribution in [2.75, 3.05) is 39.8 Å². The Morgan fingerprint density at radius 2 is 1.70 bits per heavy atom. The highest BCUT2D eigenvalue weighted by molar-refractivity contribution is 5.94. The van der Waals surface area contributed by atoms with Gasteiger partial charge in [0.25, 0.3) is 0 Å². The Morgan fingerprint density at radius 1 is 1.00 bits per heavy atom. The van der Waals surface area contributed by atoms with Gasteiger partial charge in [0.1, 0.15) is 5.75 Å². The molecule has 0 bridgehead atoms. The molecule has 0 aromatic heterocycles. The highest BCUT2D eigenvalue weighted by atomic mass is 16.5. The van der Waals surface area contributed by atoms with Crippen molar-refractivity contribution in [3.63, 3.8) is 0 Å². The summed E-state index contributed by atoms with van der Waals surface area (Å²) in [5, 5.41) is 6.58. The summed E-state index contributed by atoms with van der Waals surface area (Å²) in [6.45, 7) is 4.04. The fourth-order valence-corrected chi connectivity index (χ4v) is 3.03. The maximum Gasteiger partial charge on any atom is 0.203 e. The Hall–Kier alpha value is -3.09. The minimum absolute atomic E-state index is 0.501. The first-order chi connectivity index (χ1) is 14.7. The van der Waals surface area contributed by atoms with Gasteiger partial charge < -0.3 is 29.6 Å². The highest BCUT2D eigenvalue weighted by Gasteiger charge is 2.22. The summed E-state index contributed by atoms with van der Waals surface area (Å²) in [6, 6.07) is 11.8. The zero-order valence-electron chi connectivity index (χ0n) is 18.2. The van der Waals surface area contributed by atoms with Crippen LogP contribution in [0.2, 0.25) is 0 Å². The molecule has 162 valence electrons. The Labute approximate surface area is 178 Å². The summed E-state index contributed by atoms with van der Waals surface area (Å²) in [6.07, 6.45) is 2.53. The van der Waals surface area contributed by atoms with E-state index in [2.05, 4.69) is 16.7 Å². The lowest BCUT2D eigenvalue weighted by molar-refractivity contribution is 0.297. The van der Waals surface area contributed by atoms with Crippen LogP contribution in [0.1, 0.15) is 25.3 Å². The van der Waals surface area contributed by atoms with Gasteiger partial charge in [0.05, 0.1) is 34.5 Å². The van der Waals surface area contributed by atoms with Gasteiger partial charge in [0.2, 0.25) is 5.75 Å². The molecule has 1 aliphatic carbocycles. The lowest BCUT2D eigenvalue weighted by atomic mass is 10.2. The standard InChI is InChI=1S/C23H31N3O4/c1-5-24-23(26-18-12-20(27-2)22(29-4)21(13-18)28-3)25-14-17-8-6-7-9-19(17)30-15-16-10-11-16/h6-9,12-13,16H,5,10-11,14-15H2,1-4H3,(H2,24,25,26). The summed E-state index contributed by atoms with van der Waals surface area (Å²) < 4.78 is 22.3. The van der Waals surface area contributed by atoms with E-state index < -0.39 is 0 Å². The fraction of sp³-hybridized carbons (Fsp3) is 0.435. The molecule has 0 aliphatic heterocycles. The molecule has 3 rings (SSSR count). The summed E-state index contributed by atoms with van der Waals surface area (Å²) in [5.41, 5.74) is 1.84. The smallest absolute Gasteiger partial charge is 0.203 e. The first kappa shape index (κ1) is 21.6. The number of hydrogen-bond acceptors (Lipinski definition) is 5. The van der Waals surface area contributed by atoms with Crippen molar-refractivity contribution in [3.8, 4) is 23.0 Å². The highest BCUT2D eigenvalue weighted by Crippen LogP contribution is 2.40. The average molecular weight is 414 g/mol. The number of hydrogen-bond donors (Lipinski definition) is 2. The van der Waals surface area contributed by atoms with Crippen LogP contribution >= 0.6 is 0 Å². The van der Waals surface area contributed by atoms with Crippen molar-refractivity contribution in [1.29, 1.82) is 0 Å². The number of nitrogens with one attached hydrogen (secondary N) is 2. The second-order valence-electron chi connectivity index (χ2n) is 7.10. The number of rotatable bonds is 10. The molecule has 0 spiro atoms. The van der Waals surface area contributed by atoms with Gasteiger partial charge in [-0.25, -0.2) is 4.99 Å². The molecule has 7 heteroatoms. The molecule has 1 aliphatic rings. The zero-order chi connectivity index (χ0) is 21.3. The van der Waals surface area contributed by atoms with E-state index in [4.69, 9.17) is 23.9 Å². The molecule has 1 saturated carbocycles. The predicted molar refractivity (Wildman–Crippen MR) is 119 cm³/mol. The third kappa shape index (κ3) is 5.72. The minimum atomic E-state index is 0.501. The van der Waals surface area contributed by atoms with Gasteiger partial charge in [0.15, 0.2) is 17.5 Å². The quantitative estimate of drug-likeness (QED) is 0.452. The maximum atomic E-state index is 6.00. The number of aliphatic imine (C=N–C) groups is 1. The van der Waals surface area contributed by atoms with Crippen LogP contribution in [-0.4, -0.2) is 40.4 Å². The van der Waals surface area contributed by atoms with Crippen molar-refractivity contribution in [3.05, 3.63) is 42.0 Å². The molecule has 0 radical (unpaired) electrons. The third-order valence-electron chi connectivity index (χ3n) is 4.82. The normalized spacial score (nSPS) is 13.5. The zero-order valence-corrected chi connectivity index (χ0v) is 18.2. The third-order valence-corrected chi connectivity index (χ3v) is 4.82. The Kier molecular flexibility index (Phi) is 7.65. The molecule has 1 fully saturated rings. The Morgan fingerprint density at radius 3 is 2.30 bits per heavy atom. The summed E-state index contributed by atoms with van der Waals surface area (Å²) in [4.78, 5) is 4.74. The van der Waals surface area contributed by atoms with Crippen LogP contribution in [0.15, 0.2) is 41.4 Å². The van der Waals surface area contributed by atoms with Crippen molar-refractivity contribution in [2.24, 2.45) is 10.9 Å². The molecule has 2 N–H and O–H groups in total. The van der Waals surface area contributed by atoms with E-state index in [1.807, 2.05) is 37.3 Å². The molecule has 2 aromatic rings. The van der Waals surface area contributed by atoms with E-state index in [-0.39, 0.29) is 0 Å². The van der Waals surface area contributed by atoms with Gasteiger partial charge in [-0.1, -0.05) is 18.2 Å². The molecule has 0 amide bonds. The molecule has 0 unspecified atom stereocenters. The van der Waals surface area contributed by atoms with Crippen molar-refractivity contribution in [2.45, 2.75) is 26.3 Å². The van der Waals surface area contributed by atoms with Crippen LogP contribution in [0.3, 0.4) is 0 Å². The number of guanidine groups is 1. The molecule has 7 nitrogen and oxygen atoms in total. The molecule has 30 heavy (non-hydrogen) atoms. The van der Waals surface area contributed by atoms with Gasteiger partial charge in [-0.05, 0) is 31.7 Å². The lowest BCUT2D eigenvalue weighted by Gasteiger charge is -2.16. The van der Waals surface area contributed by atoms with Gasteiger partial charge >= 0.3 is 0 Å². The SMILES string of the molecule is CCNC(=NCc1ccccc1OCC1CC1)Nc1cc(OC)c(OC)c(OC)c1. The largest absolute Gasteiger partial charge is 0.493 e. The molecule has 2 aromatic carbocycles. The van der Waals surface area contributed by atoms with E-state index in [9.17, 15) is 0 Å². The van der Waals surface area contributed by atoms with Crippen molar-refractivity contribution < 1.29 is 18.9 Å². The molecule has 0 heterocycles. The number of para-hydroxylation sites is 1. The fourth-order valence-electron chi connectivity index (χ4n) is 3.03. The molecular formula is C23H31N3O4. The number of methoxy groups -OCH3 is 3. The van der Waals surface area contributed by atoms with Crippen LogP contribution in [0.4, 0.5) is 5.69 Å². The van der Waals surface area contributed by atoms with Gasteiger partial charge in [-0.3, -0.25) is 0 Å². The monoisotopic (exact) mass is 413 g/mol. The second kappa shape index (κ2) is 10.6. The van der Waals surface area contributed by atoms with Crippen LogP contribution in [-0.2, 0) is 6.54 Å². The van der Waals surface area contributed by atoms with Gasteiger partial charge in [-0.2, -0.15) is 0 Å². The summed E-state index contributed by atoms with van der Waals surface area (Å²) in [7, 11) is 4.78. The van der Waals surface area contributed by atoms with Gasteiger partial charge in [-0.15, -0.1) is 0 Å². The van der Waals surface area contributed by atoms with Crippen molar-refractivity contribution >= 4 is 11.6 Å². The van der Waals surface area contributed by atoms with E-state index in [1.54, 1.807) is 21.3 Å². The first-order valence-electron chi connectivity index (χ1n) is 10.2. The number of nitrogens with zero attached hydrogens (tertiary/aromatic N) is 1. The predicted octanol–water partition coefficient (Wildman–Crippen LogP) is 4.08. The number of anilines is 1.